The molecule has 3 N–H and O–H groups in total. The van der Waals surface area contributed by atoms with Gasteiger partial charge in [-0.3, -0.25) is 4.79 Å². The minimum absolute atomic E-state index is 0.176. The van der Waals surface area contributed by atoms with Crippen molar-refractivity contribution >= 4 is 15.9 Å². The van der Waals surface area contributed by atoms with Gasteiger partial charge in [0.25, 0.3) is 5.56 Å². The Hall–Kier alpha value is -1.53. The number of rotatable bonds is 2. The second-order valence-corrected chi connectivity index (χ2v) is 4.27. The zero-order valence-corrected chi connectivity index (χ0v) is 10.3. The fourth-order valence-corrected chi connectivity index (χ4v) is 1.96. The third-order valence-electron chi connectivity index (χ3n) is 2.19. The zero-order chi connectivity index (χ0) is 12.4. The number of hydrogen-bond acceptors (Lipinski definition) is 3. The lowest BCUT2D eigenvalue weighted by molar-refractivity contribution is 0.627. The highest BCUT2D eigenvalue weighted by atomic mass is 79.9. The predicted octanol–water partition coefficient (Wildman–Crippen LogP) is 1.80. The van der Waals surface area contributed by atoms with E-state index < -0.39 is 0 Å². The van der Waals surface area contributed by atoms with Crippen LogP contribution in [0.1, 0.15) is 5.69 Å². The van der Waals surface area contributed by atoms with Crippen LogP contribution in [0, 0.1) is 5.82 Å². The number of benzene rings is 1. The molecule has 88 valence electrons. The number of aromatic nitrogens is 2. The van der Waals surface area contributed by atoms with E-state index in [0.29, 0.717) is 21.6 Å². The standard InChI is InChI=1S/C11H9BrFN3O/c12-9-3-6(13)1-2-8(9)11-15-7(5-14)4-10(17)16-11/h1-4H,5,14H2,(H,15,16,17). The third kappa shape index (κ3) is 2.59. The first-order valence-electron chi connectivity index (χ1n) is 4.86. The fourth-order valence-electron chi connectivity index (χ4n) is 1.42. The molecule has 6 heteroatoms. The van der Waals surface area contributed by atoms with E-state index in [0.717, 1.165) is 0 Å². The summed E-state index contributed by atoms with van der Waals surface area (Å²) in [6, 6.07) is 5.48. The van der Waals surface area contributed by atoms with Gasteiger partial charge in [0.1, 0.15) is 11.6 Å². The second kappa shape index (κ2) is 4.77. The average Bonchev–Trinajstić information content (AvgIpc) is 2.28. The molecular weight excluding hydrogens is 289 g/mol. The normalized spacial score (nSPS) is 10.5. The van der Waals surface area contributed by atoms with Gasteiger partial charge in [0, 0.05) is 22.6 Å². The molecule has 1 heterocycles. The van der Waals surface area contributed by atoms with Crippen LogP contribution in [0.15, 0.2) is 33.5 Å². The molecule has 0 saturated carbocycles. The van der Waals surface area contributed by atoms with Crippen molar-refractivity contribution in [3.63, 3.8) is 0 Å². The summed E-state index contributed by atoms with van der Waals surface area (Å²) in [7, 11) is 0. The van der Waals surface area contributed by atoms with E-state index in [-0.39, 0.29) is 17.9 Å². The van der Waals surface area contributed by atoms with E-state index in [1.807, 2.05) is 0 Å². The molecular formula is C11H9BrFN3O. The molecule has 1 aromatic heterocycles. The maximum atomic E-state index is 12.9. The molecule has 0 aliphatic carbocycles. The van der Waals surface area contributed by atoms with Crippen LogP contribution in [0.4, 0.5) is 4.39 Å². The van der Waals surface area contributed by atoms with Gasteiger partial charge in [-0.2, -0.15) is 0 Å². The highest BCUT2D eigenvalue weighted by Crippen LogP contribution is 2.25. The largest absolute Gasteiger partial charge is 0.325 e. The minimum Gasteiger partial charge on any atom is -0.325 e. The number of hydrogen-bond donors (Lipinski definition) is 2. The Morgan fingerprint density at radius 2 is 2.18 bits per heavy atom. The van der Waals surface area contributed by atoms with E-state index in [2.05, 4.69) is 25.9 Å². The summed E-state index contributed by atoms with van der Waals surface area (Å²) in [6.45, 7) is 0.176. The van der Waals surface area contributed by atoms with Gasteiger partial charge >= 0.3 is 0 Å². The molecule has 4 nitrogen and oxygen atoms in total. The van der Waals surface area contributed by atoms with Crippen molar-refractivity contribution in [3.05, 3.63) is 50.6 Å². The van der Waals surface area contributed by atoms with Gasteiger partial charge in [-0.15, -0.1) is 0 Å². The van der Waals surface area contributed by atoms with Crippen LogP contribution in [0.2, 0.25) is 0 Å². The van der Waals surface area contributed by atoms with Gasteiger partial charge in [0.15, 0.2) is 0 Å². The highest BCUT2D eigenvalue weighted by molar-refractivity contribution is 9.10. The number of aromatic amines is 1. The Morgan fingerprint density at radius 3 is 2.82 bits per heavy atom. The van der Waals surface area contributed by atoms with Crippen molar-refractivity contribution in [1.82, 2.24) is 9.97 Å². The summed E-state index contributed by atoms with van der Waals surface area (Å²) in [5, 5.41) is 0. The molecule has 0 aliphatic heterocycles. The summed E-state index contributed by atoms with van der Waals surface area (Å²) in [6.07, 6.45) is 0. The van der Waals surface area contributed by atoms with Crippen LogP contribution in [0.25, 0.3) is 11.4 Å². The molecule has 2 rings (SSSR count). The maximum absolute atomic E-state index is 12.9. The van der Waals surface area contributed by atoms with Crippen molar-refractivity contribution in [2.75, 3.05) is 0 Å². The average molecular weight is 298 g/mol. The van der Waals surface area contributed by atoms with E-state index in [1.165, 1.54) is 24.3 Å². The van der Waals surface area contributed by atoms with Crippen molar-refractivity contribution in [2.45, 2.75) is 6.54 Å². The Morgan fingerprint density at radius 1 is 1.41 bits per heavy atom. The van der Waals surface area contributed by atoms with Gasteiger partial charge in [-0.1, -0.05) is 0 Å². The molecule has 0 fully saturated rings. The lowest BCUT2D eigenvalue weighted by atomic mass is 10.2. The molecule has 17 heavy (non-hydrogen) atoms. The Kier molecular flexibility index (Phi) is 3.35. The molecule has 0 saturated heterocycles. The second-order valence-electron chi connectivity index (χ2n) is 3.41. The topological polar surface area (TPSA) is 71.8 Å². The SMILES string of the molecule is NCc1cc(=O)[nH]c(-c2ccc(F)cc2Br)n1. The van der Waals surface area contributed by atoms with Crippen molar-refractivity contribution in [1.29, 1.82) is 0 Å². The first-order chi connectivity index (χ1) is 8.10. The number of nitrogens with one attached hydrogen (secondary N) is 1. The summed E-state index contributed by atoms with van der Waals surface area (Å²) < 4.78 is 13.5. The van der Waals surface area contributed by atoms with Crippen LogP contribution in [-0.4, -0.2) is 9.97 Å². The minimum atomic E-state index is -0.363. The van der Waals surface area contributed by atoms with E-state index in [4.69, 9.17) is 5.73 Å². The molecule has 0 unspecified atom stereocenters. The van der Waals surface area contributed by atoms with Crippen LogP contribution in [0.5, 0.6) is 0 Å². The lowest BCUT2D eigenvalue weighted by Crippen LogP contribution is -2.12. The smallest absolute Gasteiger partial charge is 0.251 e. The number of nitrogens with two attached hydrogens (primary N) is 1. The van der Waals surface area contributed by atoms with Crippen LogP contribution < -0.4 is 11.3 Å². The van der Waals surface area contributed by atoms with Crippen molar-refractivity contribution < 1.29 is 4.39 Å². The van der Waals surface area contributed by atoms with E-state index >= 15 is 0 Å². The Bertz CT molecular complexity index is 612. The fraction of sp³-hybridized carbons (Fsp3) is 0.0909. The van der Waals surface area contributed by atoms with Crippen LogP contribution in [-0.2, 0) is 6.54 Å². The molecule has 1 aromatic carbocycles. The van der Waals surface area contributed by atoms with Gasteiger partial charge < -0.3 is 10.7 Å². The summed E-state index contributed by atoms with van der Waals surface area (Å²) in [4.78, 5) is 18.1. The molecule has 0 bridgehead atoms. The quantitative estimate of drug-likeness (QED) is 0.888. The summed E-state index contributed by atoms with van der Waals surface area (Å²) in [5.41, 5.74) is 6.25. The Labute approximate surface area is 105 Å². The van der Waals surface area contributed by atoms with E-state index in [9.17, 15) is 9.18 Å². The van der Waals surface area contributed by atoms with Gasteiger partial charge in [0.2, 0.25) is 0 Å². The summed E-state index contributed by atoms with van der Waals surface area (Å²) in [5.74, 6) is 0.00257. The monoisotopic (exact) mass is 297 g/mol. The molecule has 0 radical (unpaired) electrons. The van der Waals surface area contributed by atoms with Gasteiger partial charge in [-0.05, 0) is 34.1 Å². The van der Waals surface area contributed by atoms with Crippen LogP contribution >= 0.6 is 15.9 Å². The Balaban J connectivity index is 2.60. The number of H-pyrrole nitrogens is 1. The molecule has 2 aromatic rings. The van der Waals surface area contributed by atoms with E-state index in [1.54, 1.807) is 0 Å². The summed E-state index contributed by atoms with van der Waals surface area (Å²) >= 11 is 3.22. The zero-order valence-electron chi connectivity index (χ0n) is 8.71. The van der Waals surface area contributed by atoms with Gasteiger partial charge in [0.05, 0.1) is 5.69 Å². The highest BCUT2D eigenvalue weighted by Gasteiger charge is 2.08. The lowest BCUT2D eigenvalue weighted by Gasteiger charge is -2.05. The molecule has 0 aliphatic rings. The van der Waals surface area contributed by atoms with Crippen LogP contribution in [0.3, 0.4) is 0 Å². The number of halogens is 2. The molecule has 0 spiro atoms. The van der Waals surface area contributed by atoms with Crippen molar-refractivity contribution in [2.24, 2.45) is 5.73 Å². The van der Waals surface area contributed by atoms with Gasteiger partial charge in [-0.25, -0.2) is 9.37 Å². The molecule has 0 amide bonds. The third-order valence-corrected chi connectivity index (χ3v) is 2.85. The van der Waals surface area contributed by atoms with Crippen molar-refractivity contribution in [3.8, 4) is 11.4 Å². The maximum Gasteiger partial charge on any atom is 0.251 e. The first-order valence-corrected chi connectivity index (χ1v) is 5.65. The predicted molar refractivity (Wildman–Crippen MR) is 65.8 cm³/mol. The first kappa shape index (κ1) is 11.9. The molecule has 0 atom stereocenters. The number of nitrogens with zero attached hydrogens (tertiary/aromatic N) is 1.